The van der Waals surface area contributed by atoms with Gasteiger partial charge >= 0.3 is 0 Å². The molecular formula is C17H17N3O2. The number of nitrogens with one attached hydrogen (secondary N) is 1. The highest BCUT2D eigenvalue weighted by Crippen LogP contribution is 2.29. The minimum atomic E-state index is 0.601. The summed E-state index contributed by atoms with van der Waals surface area (Å²) < 4.78 is 11.5. The summed E-state index contributed by atoms with van der Waals surface area (Å²) in [5, 5.41) is 5.30. The Morgan fingerprint density at radius 1 is 1.27 bits per heavy atom. The summed E-state index contributed by atoms with van der Waals surface area (Å²) in [4.78, 5) is 4.16. The van der Waals surface area contributed by atoms with Crippen LogP contribution in [0.2, 0.25) is 0 Å². The highest BCUT2D eigenvalue weighted by atomic mass is 16.5. The molecule has 22 heavy (non-hydrogen) atoms. The minimum Gasteiger partial charge on any atom is -0.490 e. The van der Waals surface area contributed by atoms with Crippen LogP contribution in [0.1, 0.15) is 19.6 Å². The summed E-state index contributed by atoms with van der Waals surface area (Å²) in [6, 6.07) is 13.4. The lowest BCUT2D eigenvalue weighted by molar-refractivity contribution is 0.338. The number of para-hydroxylation sites is 1. The van der Waals surface area contributed by atoms with Gasteiger partial charge in [-0.15, -0.1) is 0 Å². The highest BCUT2D eigenvalue weighted by molar-refractivity contribution is 6.00. The third-order valence-electron chi connectivity index (χ3n) is 3.17. The number of nitrogens with zero attached hydrogens (tertiary/aromatic N) is 2. The van der Waals surface area contributed by atoms with E-state index in [2.05, 4.69) is 15.5 Å². The highest BCUT2D eigenvalue weighted by Gasteiger charge is 2.10. The van der Waals surface area contributed by atoms with Crippen LogP contribution < -0.4 is 10.2 Å². The van der Waals surface area contributed by atoms with E-state index in [4.69, 9.17) is 9.15 Å². The van der Waals surface area contributed by atoms with Crippen LogP contribution in [0.25, 0.3) is 11.0 Å². The number of benzene rings is 1. The zero-order valence-electron chi connectivity index (χ0n) is 12.5. The maximum absolute atomic E-state index is 5.89. The van der Waals surface area contributed by atoms with Crippen LogP contribution in [0.15, 0.2) is 58.2 Å². The molecule has 3 aromatic rings. The number of anilines is 1. The predicted molar refractivity (Wildman–Crippen MR) is 87.5 cm³/mol. The molecule has 0 bridgehead atoms. The number of pyridine rings is 1. The first kappa shape index (κ1) is 14.1. The van der Waals surface area contributed by atoms with Crippen molar-refractivity contribution in [3.63, 3.8) is 0 Å². The molecule has 0 aliphatic carbocycles. The average Bonchev–Trinajstić information content (AvgIpc) is 2.99. The lowest BCUT2D eigenvalue weighted by Crippen LogP contribution is -1.99. The number of aromatic nitrogens is 1. The van der Waals surface area contributed by atoms with Gasteiger partial charge in [-0.25, -0.2) is 4.98 Å². The number of ether oxygens (including phenoxy) is 1. The van der Waals surface area contributed by atoms with Crippen molar-refractivity contribution in [2.75, 3.05) is 12.0 Å². The van der Waals surface area contributed by atoms with Gasteiger partial charge in [0.15, 0.2) is 17.1 Å². The fourth-order valence-electron chi connectivity index (χ4n) is 2.11. The predicted octanol–water partition coefficient (Wildman–Crippen LogP) is 4.06. The monoisotopic (exact) mass is 295 g/mol. The maximum Gasteiger partial charge on any atom is 0.176 e. The van der Waals surface area contributed by atoms with Crippen molar-refractivity contribution < 1.29 is 9.15 Å². The second kappa shape index (κ2) is 6.30. The minimum absolute atomic E-state index is 0.601. The van der Waals surface area contributed by atoms with Gasteiger partial charge in [0, 0.05) is 11.6 Å². The van der Waals surface area contributed by atoms with Gasteiger partial charge in [0.05, 0.1) is 6.61 Å². The molecule has 2 heterocycles. The Morgan fingerprint density at radius 2 is 2.18 bits per heavy atom. The zero-order valence-corrected chi connectivity index (χ0v) is 12.5. The van der Waals surface area contributed by atoms with Gasteiger partial charge in [0.2, 0.25) is 0 Å². The summed E-state index contributed by atoms with van der Waals surface area (Å²) in [6.45, 7) is 4.43. The van der Waals surface area contributed by atoms with Crippen LogP contribution in [-0.2, 0) is 0 Å². The van der Waals surface area contributed by atoms with E-state index in [0.29, 0.717) is 18.2 Å². The number of furan rings is 1. The molecule has 1 N–H and O–H groups in total. The Hall–Kier alpha value is -2.82. The van der Waals surface area contributed by atoms with Crippen molar-refractivity contribution >= 4 is 22.5 Å². The Balaban J connectivity index is 1.88. The van der Waals surface area contributed by atoms with Crippen LogP contribution in [-0.4, -0.2) is 17.3 Å². The quantitative estimate of drug-likeness (QED) is 0.569. The lowest BCUT2D eigenvalue weighted by atomic mass is 10.2. The van der Waals surface area contributed by atoms with Crippen LogP contribution in [0.4, 0.5) is 5.82 Å². The Labute approximate surface area is 128 Å². The van der Waals surface area contributed by atoms with E-state index in [9.17, 15) is 0 Å². The van der Waals surface area contributed by atoms with Crippen molar-refractivity contribution in [1.82, 2.24) is 4.98 Å². The van der Waals surface area contributed by atoms with Crippen molar-refractivity contribution in [3.05, 3.63) is 54.4 Å². The largest absolute Gasteiger partial charge is 0.490 e. The summed E-state index contributed by atoms with van der Waals surface area (Å²) >= 11 is 0. The van der Waals surface area contributed by atoms with Crippen molar-refractivity contribution in [2.24, 2.45) is 5.10 Å². The van der Waals surface area contributed by atoms with Crippen LogP contribution in [0.5, 0.6) is 5.75 Å². The lowest BCUT2D eigenvalue weighted by Gasteiger charge is -2.02. The third kappa shape index (κ3) is 2.93. The molecule has 0 spiro atoms. The second-order valence-electron chi connectivity index (χ2n) is 4.74. The number of hydrazone groups is 1. The molecule has 5 heteroatoms. The summed E-state index contributed by atoms with van der Waals surface area (Å²) in [7, 11) is 0. The second-order valence-corrected chi connectivity index (χ2v) is 4.74. The molecule has 2 aromatic heterocycles. The van der Waals surface area contributed by atoms with Gasteiger partial charge in [0.25, 0.3) is 0 Å². The number of fused-ring (bicyclic) bond motifs is 1. The van der Waals surface area contributed by atoms with E-state index in [1.807, 2.05) is 56.3 Å². The number of hydrogen-bond donors (Lipinski definition) is 1. The van der Waals surface area contributed by atoms with Crippen LogP contribution in [0, 0.1) is 0 Å². The molecule has 0 aliphatic rings. The topological polar surface area (TPSA) is 59.6 Å². The number of rotatable bonds is 5. The smallest absolute Gasteiger partial charge is 0.176 e. The molecule has 0 unspecified atom stereocenters. The molecule has 112 valence electrons. The van der Waals surface area contributed by atoms with E-state index >= 15 is 0 Å². The number of hydrogen-bond acceptors (Lipinski definition) is 5. The van der Waals surface area contributed by atoms with Crippen molar-refractivity contribution in [1.29, 1.82) is 0 Å². The molecular weight excluding hydrogens is 278 g/mol. The fraction of sp³-hybridized carbons (Fsp3) is 0.176. The molecule has 0 atom stereocenters. The van der Waals surface area contributed by atoms with E-state index < -0.39 is 0 Å². The summed E-state index contributed by atoms with van der Waals surface area (Å²) in [5.74, 6) is 2.13. The van der Waals surface area contributed by atoms with Gasteiger partial charge in [0.1, 0.15) is 11.5 Å². The summed E-state index contributed by atoms with van der Waals surface area (Å²) in [5.41, 5.74) is 4.40. The van der Waals surface area contributed by atoms with Gasteiger partial charge in [-0.05, 0) is 38.1 Å². The molecule has 0 radical (unpaired) electrons. The first-order chi connectivity index (χ1) is 10.8. The molecule has 0 saturated heterocycles. The van der Waals surface area contributed by atoms with Crippen LogP contribution >= 0.6 is 0 Å². The molecule has 0 saturated carbocycles. The fourth-order valence-corrected chi connectivity index (χ4v) is 2.11. The zero-order chi connectivity index (χ0) is 15.4. The van der Waals surface area contributed by atoms with Gasteiger partial charge in [-0.1, -0.05) is 18.2 Å². The van der Waals surface area contributed by atoms with Crippen molar-refractivity contribution in [2.45, 2.75) is 13.8 Å². The van der Waals surface area contributed by atoms with Gasteiger partial charge in [-0.2, -0.15) is 5.10 Å². The van der Waals surface area contributed by atoms with Gasteiger partial charge in [-0.3, -0.25) is 5.43 Å². The van der Waals surface area contributed by atoms with Crippen molar-refractivity contribution in [3.8, 4) is 5.75 Å². The van der Waals surface area contributed by atoms with E-state index in [-0.39, 0.29) is 0 Å². The SMILES string of the molecule is CCOc1cccc2cc(/C(C)=N\Nc3ccccn3)oc12. The first-order valence-corrected chi connectivity index (χ1v) is 7.15. The molecule has 0 fully saturated rings. The van der Waals surface area contributed by atoms with Gasteiger partial charge < -0.3 is 9.15 Å². The van der Waals surface area contributed by atoms with E-state index in [1.165, 1.54) is 0 Å². The normalized spacial score (nSPS) is 11.6. The average molecular weight is 295 g/mol. The third-order valence-corrected chi connectivity index (χ3v) is 3.17. The molecule has 0 aliphatic heterocycles. The summed E-state index contributed by atoms with van der Waals surface area (Å²) in [6.07, 6.45) is 1.71. The standard InChI is InChI=1S/C17H17N3O2/c1-3-21-14-8-6-7-13-11-15(22-17(13)14)12(2)19-20-16-9-4-5-10-18-16/h4-11H,3H2,1-2H3,(H,18,20)/b19-12-. The molecule has 0 amide bonds. The Morgan fingerprint density at radius 3 is 2.95 bits per heavy atom. The van der Waals surface area contributed by atoms with E-state index in [1.54, 1.807) is 6.20 Å². The molecule has 5 nitrogen and oxygen atoms in total. The maximum atomic E-state index is 5.89. The Bertz CT molecular complexity index is 794. The van der Waals surface area contributed by atoms with E-state index in [0.717, 1.165) is 22.4 Å². The molecule has 1 aromatic carbocycles. The van der Waals surface area contributed by atoms with Crippen LogP contribution in [0.3, 0.4) is 0 Å². The first-order valence-electron chi connectivity index (χ1n) is 7.15. The molecule has 3 rings (SSSR count). The Kier molecular flexibility index (Phi) is 4.05.